The van der Waals surface area contributed by atoms with E-state index in [4.69, 9.17) is 5.73 Å². The Morgan fingerprint density at radius 3 is 2.57 bits per heavy atom. The lowest BCUT2D eigenvalue weighted by atomic mass is 10.1. The fraction of sp³-hybridized carbons (Fsp3) is 0.188. The second kappa shape index (κ2) is 5.16. The van der Waals surface area contributed by atoms with E-state index in [1.165, 1.54) is 12.1 Å². The molecular formula is C16H15F2N3. The SMILES string of the molecule is Cc1cccc2nc(N)n(CCc3cc(F)cc(F)c3)c12. The Morgan fingerprint density at radius 1 is 1.14 bits per heavy atom. The summed E-state index contributed by atoms with van der Waals surface area (Å²) in [6, 6.07) is 9.36. The fourth-order valence-electron chi connectivity index (χ4n) is 2.61. The molecule has 0 unspecified atom stereocenters. The average Bonchev–Trinajstić information content (AvgIpc) is 2.72. The smallest absolute Gasteiger partial charge is 0.201 e. The molecule has 0 atom stereocenters. The Bertz CT molecular complexity index is 788. The van der Waals surface area contributed by atoms with Gasteiger partial charge in [0.2, 0.25) is 5.95 Å². The maximum Gasteiger partial charge on any atom is 0.201 e. The first-order chi connectivity index (χ1) is 10.0. The minimum Gasteiger partial charge on any atom is -0.369 e. The number of rotatable bonds is 3. The molecule has 0 aliphatic rings. The first kappa shape index (κ1) is 13.5. The van der Waals surface area contributed by atoms with Crippen LogP contribution < -0.4 is 5.73 Å². The van der Waals surface area contributed by atoms with Crippen LogP contribution in [0.4, 0.5) is 14.7 Å². The molecule has 0 saturated heterocycles. The van der Waals surface area contributed by atoms with Crippen molar-refractivity contribution in [2.24, 2.45) is 0 Å². The highest BCUT2D eigenvalue weighted by Crippen LogP contribution is 2.22. The Hall–Kier alpha value is -2.43. The van der Waals surface area contributed by atoms with Gasteiger partial charge in [-0.2, -0.15) is 0 Å². The highest BCUT2D eigenvalue weighted by atomic mass is 19.1. The van der Waals surface area contributed by atoms with Gasteiger partial charge in [-0.3, -0.25) is 0 Å². The number of aryl methyl sites for hydroxylation is 3. The Labute approximate surface area is 121 Å². The molecule has 3 rings (SSSR count). The molecule has 0 bridgehead atoms. The van der Waals surface area contributed by atoms with Gasteiger partial charge in [0.15, 0.2) is 0 Å². The molecule has 0 radical (unpaired) electrons. The van der Waals surface area contributed by atoms with E-state index in [9.17, 15) is 8.78 Å². The number of halogens is 2. The number of nitrogens with zero attached hydrogens (tertiary/aromatic N) is 2. The monoisotopic (exact) mass is 287 g/mol. The molecule has 0 saturated carbocycles. The molecule has 5 heteroatoms. The van der Waals surface area contributed by atoms with E-state index in [0.717, 1.165) is 22.7 Å². The van der Waals surface area contributed by atoms with E-state index in [0.29, 0.717) is 24.5 Å². The summed E-state index contributed by atoms with van der Waals surface area (Å²) in [4.78, 5) is 4.31. The van der Waals surface area contributed by atoms with Crippen LogP contribution >= 0.6 is 0 Å². The van der Waals surface area contributed by atoms with E-state index in [2.05, 4.69) is 4.98 Å². The third kappa shape index (κ3) is 2.59. The predicted octanol–water partition coefficient (Wildman–Crippen LogP) is 3.45. The molecule has 3 nitrogen and oxygen atoms in total. The van der Waals surface area contributed by atoms with E-state index in [1.807, 2.05) is 29.7 Å². The van der Waals surface area contributed by atoms with Gasteiger partial charge in [-0.05, 0) is 42.7 Å². The van der Waals surface area contributed by atoms with Gasteiger partial charge in [0.25, 0.3) is 0 Å². The Morgan fingerprint density at radius 2 is 1.86 bits per heavy atom. The van der Waals surface area contributed by atoms with Crippen LogP contribution in [-0.4, -0.2) is 9.55 Å². The first-order valence-electron chi connectivity index (χ1n) is 6.71. The lowest BCUT2D eigenvalue weighted by Crippen LogP contribution is -2.06. The second-order valence-electron chi connectivity index (χ2n) is 5.09. The van der Waals surface area contributed by atoms with E-state index < -0.39 is 11.6 Å². The van der Waals surface area contributed by atoms with Crippen molar-refractivity contribution in [3.05, 3.63) is 59.2 Å². The predicted molar refractivity (Wildman–Crippen MR) is 78.9 cm³/mol. The number of nitrogens with two attached hydrogens (primary N) is 1. The van der Waals surface area contributed by atoms with E-state index in [-0.39, 0.29) is 0 Å². The van der Waals surface area contributed by atoms with Crippen molar-refractivity contribution in [3.63, 3.8) is 0 Å². The van der Waals surface area contributed by atoms with Gasteiger partial charge >= 0.3 is 0 Å². The number of benzene rings is 2. The molecule has 3 aromatic rings. The fourth-order valence-corrected chi connectivity index (χ4v) is 2.61. The lowest BCUT2D eigenvalue weighted by Gasteiger charge is -2.08. The van der Waals surface area contributed by atoms with Crippen LogP contribution in [0, 0.1) is 18.6 Å². The van der Waals surface area contributed by atoms with Crippen molar-refractivity contribution in [3.8, 4) is 0 Å². The topological polar surface area (TPSA) is 43.8 Å². The number of hydrogen-bond donors (Lipinski definition) is 1. The zero-order valence-corrected chi connectivity index (χ0v) is 11.6. The summed E-state index contributed by atoms with van der Waals surface area (Å²) in [6.45, 7) is 2.51. The number of aromatic nitrogens is 2. The molecule has 0 aliphatic carbocycles. The zero-order valence-electron chi connectivity index (χ0n) is 11.6. The van der Waals surface area contributed by atoms with Crippen LogP contribution in [0.5, 0.6) is 0 Å². The summed E-state index contributed by atoms with van der Waals surface area (Å²) in [5, 5.41) is 0. The zero-order chi connectivity index (χ0) is 15.0. The minimum absolute atomic E-state index is 0.413. The summed E-state index contributed by atoms with van der Waals surface area (Å²) in [7, 11) is 0. The van der Waals surface area contributed by atoms with Crippen LogP contribution in [0.3, 0.4) is 0 Å². The van der Waals surface area contributed by atoms with Crippen molar-refractivity contribution >= 4 is 17.0 Å². The molecular weight excluding hydrogens is 272 g/mol. The van der Waals surface area contributed by atoms with Crippen LogP contribution in [0.15, 0.2) is 36.4 Å². The van der Waals surface area contributed by atoms with Gasteiger partial charge in [0.1, 0.15) is 11.6 Å². The van der Waals surface area contributed by atoms with Crippen LogP contribution in [0.25, 0.3) is 11.0 Å². The molecule has 2 N–H and O–H groups in total. The number of imidazole rings is 1. The number of anilines is 1. The largest absolute Gasteiger partial charge is 0.369 e. The molecule has 0 amide bonds. The average molecular weight is 287 g/mol. The number of para-hydroxylation sites is 1. The number of nitrogen functional groups attached to an aromatic ring is 1. The minimum atomic E-state index is -0.565. The van der Waals surface area contributed by atoms with Gasteiger partial charge in [0.05, 0.1) is 11.0 Å². The van der Waals surface area contributed by atoms with Crippen molar-refractivity contribution in [1.82, 2.24) is 9.55 Å². The maximum absolute atomic E-state index is 13.2. The van der Waals surface area contributed by atoms with Crippen molar-refractivity contribution in [2.45, 2.75) is 19.9 Å². The maximum atomic E-state index is 13.2. The summed E-state index contributed by atoms with van der Waals surface area (Å²) in [5.41, 5.74) is 9.42. The van der Waals surface area contributed by atoms with Crippen LogP contribution in [0.2, 0.25) is 0 Å². The molecule has 1 heterocycles. The highest BCUT2D eigenvalue weighted by Gasteiger charge is 2.10. The summed E-state index contributed by atoms with van der Waals surface area (Å²) in [5.74, 6) is -0.717. The molecule has 108 valence electrons. The summed E-state index contributed by atoms with van der Waals surface area (Å²) >= 11 is 0. The molecule has 21 heavy (non-hydrogen) atoms. The molecule has 0 spiro atoms. The number of hydrogen-bond acceptors (Lipinski definition) is 2. The number of fused-ring (bicyclic) bond motifs is 1. The molecule has 0 aliphatic heterocycles. The summed E-state index contributed by atoms with van der Waals surface area (Å²) < 4.78 is 28.3. The van der Waals surface area contributed by atoms with Crippen molar-refractivity contribution in [1.29, 1.82) is 0 Å². The van der Waals surface area contributed by atoms with E-state index >= 15 is 0 Å². The van der Waals surface area contributed by atoms with Gasteiger partial charge in [-0.25, -0.2) is 13.8 Å². The van der Waals surface area contributed by atoms with Crippen molar-refractivity contribution < 1.29 is 8.78 Å². The van der Waals surface area contributed by atoms with Gasteiger partial charge in [-0.15, -0.1) is 0 Å². The third-order valence-electron chi connectivity index (χ3n) is 3.54. The molecule has 0 fully saturated rings. The normalized spacial score (nSPS) is 11.2. The van der Waals surface area contributed by atoms with Crippen LogP contribution in [0.1, 0.15) is 11.1 Å². The Kier molecular flexibility index (Phi) is 3.33. The Balaban J connectivity index is 1.93. The molecule has 1 aromatic heterocycles. The van der Waals surface area contributed by atoms with E-state index in [1.54, 1.807) is 0 Å². The van der Waals surface area contributed by atoms with Crippen molar-refractivity contribution in [2.75, 3.05) is 5.73 Å². The first-order valence-corrected chi connectivity index (χ1v) is 6.71. The van der Waals surface area contributed by atoms with Gasteiger partial charge in [0, 0.05) is 12.6 Å². The second-order valence-corrected chi connectivity index (χ2v) is 5.09. The third-order valence-corrected chi connectivity index (χ3v) is 3.54. The molecule has 2 aromatic carbocycles. The van der Waals surface area contributed by atoms with Crippen LogP contribution in [-0.2, 0) is 13.0 Å². The quantitative estimate of drug-likeness (QED) is 0.802. The highest BCUT2D eigenvalue weighted by molar-refractivity contribution is 5.81. The van der Waals surface area contributed by atoms with Gasteiger partial charge < -0.3 is 10.3 Å². The lowest BCUT2D eigenvalue weighted by molar-refractivity contribution is 0.577. The summed E-state index contributed by atoms with van der Waals surface area (Å²) in [6.07, 6.45) is 0.485. The standard InChI is InChI=1S/C16H15F2N3/c1-10-3-2-4-14-15(10)21(16(19)20-14)6-5-11-7-12(17)9-13(18)8-11/h2-4,7-9H,5-6H2,1H3,(H2,19,20). The van der Waals surface area contributed by atoms with Gasteiger partial charge in [-0.1, -0.05) is 12.1 Å².